The van der Waals surface area contributed by atoms with Crippen LogP contribution in [0.2, 0.25) is 0 Å². The van der Waals surface area contributed by atoms with E-state index >= 15 is 0 Å². The Balaban J connectivity index is 2.32. The van der Waals surface area contributed by atoms with Crippen molar-refractivity contribution in [2.45, 2.75) is 0 Å². The summed E-state index contributed by atoms with van der Waals surface area (Å²) in [6, 6.07) is 3.57. The molecule has 0 fully saturated rings. The van der Waals surface area contributed by atoms with E-state index in [1.54, 1.807) is 25.6 Å². The lowest BCUT2D eigenvalue weighted by Gasteiger charge is -2.09. The average molecular weight is 274 g/mol. The Hall–Kier alpha value is -2.54. The van der Waals surface area contributed by atoms with E-state index in [4.69, 9.17) is 9.84 Å². The maximum absolute atomic E-state index is 11.1. The van der Waals surface area contributed by atoms with Crippen LogP contribution in [0.5, 0.6) is 0 Å². The standard InChI is InChI=1S/C13H14N4O3/c1-20-6-5-15-12-10(13(18)19)8-16-11(17-12)9-3-2-4-14-7-9/h2-4,7-8H,5-6H2,1H3,(H,18,19)(H,15,16,17). The summed E-state index contributed by atoms with van der Waals surface area (Å²) in [6.45, 7) is 0.908. The molecule has 0 spiro atoms. The highest BCUT2D eigenvalue weighted by atomic mass is 16.5. The highest BCUT2D eigenvalue weighted by Crippen LogP contribution is 2.18. The van der Waals surface area contributed by atoms with Gasteiger partial charge in [0.15, 0.2) is 5.82 Å². The molecule has 0 aliphatic carbocycles. The molecule has 0 saturated carbocycles. The van der Waals surface area contributed by atoms with Crippen LogP contribution in [0.4, 0.5) is 5.82 Å². The molecule has 0 radical (unpaired) electrons. The number of methoxy groups -OCH3 is 1. The fourth-order valence-electron chi connectivity index (χ4n) is 1.58. The molecule has 0 unspecified atom stereocenters. The lowest BCUT2D eigenvalue weighted by atomic mass is 10.2. The quantitative estimate of drug-likeness (QED) is 0.766. The Morgan fingerprint density at radius 3 is 2.95 bits per heavy atom. The third-order valence-electron chi connectivity index (χ3n) is 2.54. The number of hydrogen-bond donors (Lipinski definition) is 2. The van der Waals surface area contributed by atoms with Crippen LogP contribution >= 0.6 is 0 Å². The smallest absolute Gasteiger partial charge is 0.341 e. The molecule has 0 aromatic carbocycles. The molecule has 2 N–H and O–H groups in total. The number of carbonyl (C=O) groups is 1. The minimum absolute atomic E-state index is 0.0220. The number of nitrogens with zero attached hydrogens (tertiary/aromatic N) is 3. The Bertz CT molecular complexity index is 589. The number of rotatable bonds is 6. The summed E-state index contributed by atoms with van der Waals surface area (Å²) in [5, 5.41) is 12.0. The first kappa shape index (κ1) is 13.9. The molecule has 0 aliphatic rings. The van der Waals surface area contributed by atoms with Gasteiger partial charge in [-0.25, -0.2) is 14.8 Å². The van der Waals surface area contributed by atoms with Gasteiger partial charge < -0.3 is 15.2 Å². The zero-order valence-corrected chi connectivity index (χ0v) is 10.9. The number of anilines is 1. The van der Waals surface area contributed by atoms with Gasteiger partial charge in [0.25, 0.3) is 0 Å². The molecule has 7 nitrogen and oxygen atoms in total. The van der Waals surface area contributed by atoms with E-state index in [0.29, 0.717) is 19.0 Å². The van der Waals surface area contributed by atoms with Gasteiger partial charge in [-0.2, -0.15) is 0 Å². The Morgan fingerprint density at radius 1 is 1.45 bits per heavy atom. The van der Waals surface area contributed by atoms with Gasteiger partial charge in [0.05, 0.1) is 6.61 Å². The molecular formula is C13H14N4O3. The Morgan fingerprint density at radius 2 is 2.30 bits per heavy atom. The number of pyridine rings is 1. The third kappa shape index (κ3) is 3.27. The van der Waals surface area contributed by atoms with Crippen LogP contribution < -0.4 is 5.32 Å². The summed E-state index contributed by atoms with van der Waals surface area (Å²) in [7, 11) is 1.57. The van der Waals surface area contributed by atoms with Crippen LogP contribution in [-0.2, 0) is 4.74 Å². The van der Waals surface area contributed by atoms with Crippen molar-refractivity contribution in [1.29, 1.82) is 0 Å². The molecule has 2 rings (SSSR count). The van der Waals surface area contributed by atoms with Crippen molar-refractivity contribution in [2.75, 3.05) is 25.6 Å². The minimum Gasteiger partial charge on any atom is -0.477 e. The normalized spacial score (nSPS) is 10.2. The van der Waals surface area contributed by atoms with E-state index in [-0.39, 0.29) is 11.4 Å². The molecule has 0 aliphatic heterocycles. The number of nitrogens with one attached hydrogen (secondary N) is 1. The second kappa shape index (κ2) is 6.58. The number of hydrogen-bond acceptors (Lipinski definition) is 6. The van der Waals surface area contributed by atoms with Gasteiger partial charge >= 0.3 is 5.97 Å². The molecule has 0 bridgehead atoms. The van der Waals surface area contributed by atoms with Gasteiger partial charge in [0.1, 0.15) is 11.4 Å². The summed E-state index contributed by atoms with van der Waals surface area (Å²) >= 11 is 0. The van der Waals surface area contributed by atoms with E-state index in [9.17, 15) is 4.79 Å². The van der Waals surface area contributed by atoms with Crippen molar-refractivity contribution in [3.05, 3.63) is 36.3 Å². The van der Waals surface area contributed by atoms with Gasteiger partial charge in [0, 0.05) is 37.8 Å². The Labute approximate surface area is 115 Å². The number of carboxylic acids is 1. The topological polar surface area (TPSA) is 97.2 Å². The van der Waals surface area contributed by atoms with Crippen molar-refractivity contribution in [3.8, 4) is 11.4 Å². The largest absolute Gasteiger partial charge is 0.477 e. The molecule has 0 atom stereocenters. The zero-order valence-electron chi connectivity index (χ0n) is 10.9. The molecule has 2 aromatic rings. The summed E-state index contributed by atoms with van der Waals surface area (Å²) < 4.78 is 4.92. The second-order valence-electron chi connectivity index (χ2n) is 3.92. The van der Waals surface area contributed by atoms with Crippen LogP contribution in [0.15, 0.2) is 30.7 Å². The van der Waals surface area contributed by atoms with E-state index < -0.39 is 5.97 Å². The van der Waals surface area contributed by atoms with Crippen molar-refractivity contribution in [3.63, 3.8) is 0 Å². The number of carboxylic acid groups (broad SMARTS) is 1. The fourth-order valence-corrected chi connectivity index (χ4v) is 1.58. The van der Waals surface area contributed by atoms with E-state index in [1.807, 2.05) is 6.07 Å². The van der Waals surface area contributed by atoms with Gasteiger partial charge in [0.2, 0.25) is 0 Å². The maximum atomic E-state index is 11.1. The van der Waals surface area contributed by atoms with Gasteiger partial charge in [-0.15, -0.1) is 0 Å². The number of aromatic nitrogens is 3. The van der Waals surface area contributed by atoms with Crippen LogP contribution in [0.25, 0.3) is 11.4 Å². The SMILES string of the molecule is COCCNc1nc(-c2cccnc2)ncc1C(=O)O. The van der Waals surface area contributed by atoms with E-state index in [2.05, 4.69) is 20.3 Å². The summed E-state index contributed by atoms with van der Waals surface area (Å²) in [5.74, 6) is -0.394. The zero-order chi connectivity index (χ0) is 14.4. The van der Waals surface area contributed by atoms with Crippen LogP contribution in [0, 0.1) is 0 Å². The first-order chi connectivity index (χ1) is 9.72. The third-order valence-corrected chi connectivity index (χ3v) is 2.54. The molecule has 7 heteroatoms. The second-order valence-corrected chi connectivity index (χ2v) is 3.92. The summed E-state index contributed by atoms with van der Waals surface area (Å²) in [4.78, 5) is 23.4. The highest BCUT2D eigenvalue weighted by Gasteiger charge is 2.14. The molecule has 20 heavy (non-hydrogen) atoms. The van der Waals surface area contributed by atoms with E-state index in [1.165, 1.54) is 6.20 Å². The molecular weight excluding hydrogens is 260 g/mol. The predicted molar refractivity (Wildman–Crippen MR) is 72.6 cm³/mol. The molecule has 0 amide bonds. The fraction of sp³-hybridized carbons (Fsp3) is 0.231. The van der Waals surface area contributed by atoms with Crippen LogP contribution in [0.3, 0.4) is 0 Å². The van der Waals surface area contributed by atoms with E-state index in [0.717, 1.165) is 5.56 Å². The van der Waals surface area contributed by atoms with Crippen molar-refractivity contribution in [1.82, 2.24) is 15.0 Å². The average Bonchev–Trinajstić information content (AvgIpc) is 2.48. The molecule has 2 aromatic heterocycles. The monoisotopic (exact) mass is 274 g/mol. The van der Waals surface area contributed by atoms with Gasteiger partial charge in [-0.3, -0.25) is 4.98 Å². The lowest BCUT2D eigenvalue weighted by molar-refractivity contribution is 0.0697. The molecule has 104 valence electrons. The first-order valence-corrected chi connectivity index (χ1v) is 5.96. The highest BCUT2D eigenvalue weighted by molar-refractivity contribution is 5.93. The minimum atomic E-state index is -1.08. The van der Waals surface area contributed by atoms with Crippen molar-refractivity contribution >= 4 is 11.8 Å². The van der Waals surface area contributed by atoms with Crippen molar-refractivity contribution < 1.29 is 14.6 Å². The summed E-state index contributed by atoms with van der Waals surface area (Å²) in [5.41, 5.74) is 0.743. The van der Waals surface area contributed by atoms with Crippen molar-refractivity contribution in [2.24, 2.45) is 0 Å². The van der Waals surface area contributed by atoms with Gasteiger partial charge in [-0.05, 0) is 12.1 Å². The first-order valence-electron chi connectivity index (χ1n) is 5.96. The maximum Gasteiger partial charge on any atom is 0.341 e. The summed E-state index contributed by atoms with van der Waals surface area (Å²) in [6.07, 6.45) is 4.55. The van der Waals surface area contributed by atoms with Crippen LogP contribution in [0.1, 0.15) is 10.4 Å². The molecule has 0 saturated heterocycles. The Kier molecular flexibility index (Phi) is 4.56. The van der Waals surface area contributed by atoms with Crippen LogP contribution in [-0.4, -0.2) is 46.3 Å². The lowest BCUT2D eigenvalue weighted by Crippen LogP contribution is -2.14. The molecule has 2 heterocycles. The van der Waals surface area contributed by atoms with Gasteiger partial charge in [-0.1, -0.05) is 0 Å². The number of aromatic carboxylic acids is 1. The predicted octanol–water partition coefficient (Wildman–Crippen LogP) is 1.30. The number of ether oxygens (including phenoxy) is 1.